The SMILES string of the molecule is O=C(C(Sc1nnc(NCCc2cccs2)s1)c1ccccc1)N1CCCCC1. The lowest BCUT2D eigenvalue weighted by molar-refractivity contribution is -0.131. The molecular formula is C21H24N4OS3. The first-order chi connectivity index (χ1) is 14.3. The fraction of sp³-hybridized carbons (Fsp3) is 0.381. The van der Waals surface area contributed by atoms with Crippen LogP contribution in [0, 0.1) is 0 Å². The minimum absolute atomic E-state index is 0.184. The van der Waals surface area contributed by atoms with Crippen molar-refractivity contribution in [3.8, 4) is 0 Å². The number of likely N-dealkylation sites (tertiary alicyclic amines) is 1. The zero-order chi connectivity index (χ0) is 19.9. The van der Waals surface area contributed by atoms with Gasteiger partial charge in [-0.05, 0) is 42.7 Å². The number of thioether (sulfide) groups is 1. The molecule has 1 atom stereocenters. The monoisotopic (exact) mass is 444 g/mol. The Morgan fingerprint density at radius 2 is 1.93 bits per heavy atom. The van der Waals surface area contributed by atoms with Crippen LogP contribution in [0.2, 0.25) is 0 Å². The average Bonchev–Trinajstić information content (AvgIpc) is 3.45. The number of thiophene rings is 1. The van der Waals surface area contributed by atoms with Gasteiger partial charge in [-0.2, -0.15) is 0 Å². The van der Waals surface area contributed by atoms with Gasteiger partial charge in [0, 0.05) is 24.5 Å². The summed E-state index contributed by atoms with van der Waals surface area (Å²) in [7, 11) is 0. The number of piperidine rings is 1. The first-order valence-corrected chi connectivity index (χ1v) is 12.5. The van der Waals surface area contributed by atoms with Crippen LogP contribution >= 0.6 is 34.4 Å². The summed E-state index contributed by atoms with van der Waals surface area (Å²) in [6.07, 6.45) is 4.37. The normalized spacial score (nSPS) is 15.2. The molecule has 29 heavy (non-hydrogen) atoms. The maximum Gasteiger partial charge on any atom is 0.240 e. The summed E-state index contributed by atoms with van der Waals surface area (Å²) in [4.78, 5) is 16.6. The molecule has 1 unspecified atom stereocenters. The molecule has 2 aromatic heterocycles. The Bertz CT molecular complexity index is 892. The van der Waals surface area contributed by atoms with Crippen molar-refractivity contribution in [2.45, 2.75) is 35.3 Å². The molecule has 0 radical (unpaired) electrons. The smallest absolute Gasteiger partial charge is 0.240 e. The summed E-state index contributed by atoms with van der Waals surface area (Å²) in [5, 5.41) is 14.6. The van der Waals surface area contributed by atoms with E-state index in [1.54, 1.807) is 11.3 Å². The molecule has 1 saturated heterocycles. The van der Waals surface area contributed by atoms with E-state index in [1.807, 2.05) is 35.2 Å². The number of anilines is 1. The number of benzene rings is 1. The second-order valence-electron chi connectivity index (χ2n) is 6.92. The molecule has 3 heterocycles. The molecule has 4 rings (SSSR count). The molecular weight excluding hydrogens is 420 g/mol. The van der Waals surface area contributed by atoms with Gasteiger partial charge >= 0.3 is 0 Å². The predicted molar refractivity (Wildman–Crippen MR) is 122 cm³/mol. The molecule has 0 bridgehead atoms. The highest BCUT2D eigenvalue weighted by molar-refractivity contribution is 8.01. The summed E-state index contributed by atoms with van der Waals surface area (Å²) in [6.45, 7) is 2.54. The fourth-order valence-electron chi connectivity index (χ4n) is 3.35. The minimum Gasteiger partial charge on any atom is -0.360 e. The first-order valence-electron chi connectivity index (χ1n) is 9.90. The Morgan fingerprint density at radius 1 is 1.10 bits per heavy atom. The maximum absolute atomic E-state index is 13.3. The number of rotatable bonds is 8. The number of nitrogens with zero attached hydrogens (tertiary/aromatic N) is 3. The lowest BCUT2D eigenvalue weighted by Gasteiger charge is -2.30. The first kappa shape index (κ1) is 20.4. The van der Waals surface area contributed by atoms with Crippen molar-refractivity contribution in [1.82, 2.24) is 15.1 Å². The average molecular weight is 445 g/mol. The number of aromatic nitrogens is 2. The fourth-order valence-corrected chi connectivity index (χ4v) is 6.11. The predicted octanol–water partition coefficient (Wildman–Crippen LogP) is 5.10. The third kappa shape index (κ3) is 5.58. The number of hydrogen-bond donors (Lipinski definition) is 1. The summed E-state index contributed by atoms with van der Waals surface area (Å²) < 4.78 is 0.822. The number of carbonyl (C=O) groups excluding carboxylic acids is 1. The van der Waals surface area contributed by atoms with E-state index < -0.39 is 0 Å². The van der Waals surface area contributed by atoms with E-state index in [9.17, 15) is 4.79 Å². The zero-order valence-electron chi connectivity index (χ0n) is 16.1. The van der Waals surface area contributed by atoms with Crippen molar-refractivity contribution in [1.29, 1.82) is 0 Å². The quantitative estimate of drug-likeness (QED) is 0.490. The molecule has 5 nitrogen and oxygen atoms in total. The van der Waals surface area contributed by atoms with Gasteiger partial charge in [0.15, 0.2) is 4.34 Å². The number of nitrogens with one attached hydrogen (secondary N) is 1. The molecule has 1 aromatic carbocycles. The van der Waals surface area contributed by atoms with Gasteiger partial charge < -0.3 is 10.2 Å². The van der Waals surface area contributed by atoms with Crippen molar-refractivity contribution in [2.24, 2.45) is 0 Å². The molecule has 0 aliphatic carbocycles. The lowest BCUT2D eigenvalue weighted by atomic mass is 10.1. The van der Waals surface area contributed by atoms with Crippen molar-refractivity contribution in [2.75, 3.05) is 25.0 Å². The van der Waals surface area contributed by atoms with E-state index in [0.29, 0.717) is 0 Å². The number of hydrogen-bond acceptors (Lipinski definition) is 7. The number of amides is 1. The molecule has 1 aliphatic rings. The molecule has 1 N–H and O–H groups in total. The van der Waals surface area contributed by atoms with Crippen LogP contribution in [-0.2, 0) is 11.2 Å². The van der Waals surface area contributed by atoms with Crippen LogP contribution in [0.1, 0.15) is 35.0 Å². The van der Waals surface area contributed by atoms with Crippen molar-refractivity contribution in [3.63, 3.8) is 0 Å². The van der Waals surface area contributed by atoms with Crippen molar-refractivity contribution in [3.05, 3.63) is 58.3 Å². The largest absolute Gasteiger partial charge is 0.360 e. The lowest BCUT2D eigenvalue weighted by Crippen LogP contribution is -2.38. The number of carbonyl (C=O) groups is 1. The third-order valence-electron chi connectivity index (χ3n) is 4.85. The van der Waals surface area contributed by atoms with Crippen LogP contribution in [0.15, 0.2) is 52.2 Å². The minimum atomic E-state index is -0.277. The van der Waals surface area contributed by atoms with Gasteiger partial charge in [0.2, 0.25) is 11.0 Å². The standard InChI is InChI=1S/C21H24N4OS3/c26-19(25-13-5-2-6-14-25)18(16-8-3-1-4-9-16)28-21-24-23-20(29-21)22-12-11-17-10-7-15-27-17/h1,3-4,7-10,15,18H,2,5-6,11-14H2,(H,22,23). The van der Waals surface area contributed by atoms with E-state index >= 15 is 0 Å². The van der Waals surface area contributed by atoms with E-state index in [2.05, 4.69) is 33.0 Å². The molecule has 8 heteroatoms. The molecule has 1 aliphatic heterocycles. The second kappa shape index (κ2) is 10.2. The molecule has 1 fully saturated rings. The van der Waals surface area contributed by atoms with E-state index in [4.69, 9.17) is 0 Å². The topological polar surface area (TPSA) is 58.1 Å². The van der Waals surface area contributed by atoms with Gasteiger partial charge in [0.05, 0.1) is 0 Å². The molecule has 0 saturated carbocycles. The van der Waals surface area contributed by atoms with Gasteiger partial charge in [0.1, 0.15) is 5.25 Å². The second-order valence-corrected chi connectivity index (χ2v) is 10.3. The van der Waals surface area contributed by atoms with Gasteiger partial charge in [0.25, 0.3) is 0 Å². The van der Waals surface area contributed by atoms with E-state index in [0.717, 1.165) is 53.9 Å². The Labute approximate surface area is 183 Å². The van der Waals surface area contributed by atoms with Crippen LogP contribution in [0.4, 0.5) is 5.13 Å². The van der Waals surface area contributed by atoms with Crippen molar-refractivity contribution >= 4 is 45.5 Å². The maximum atomic E-state index is 13.3. The molecule has 0 spiro atoms. The van der Waals surface area contributed by atoms with Crippen LogP contribution in [-0.4, -0.2) is 40.6 Å². The van der Waals surface area contributed by atoms with E-state index in [1.165, 1.54) is 34.4 Å². The summed E-state index contributed by atoms with van der Waals surface area (Å²) in [5.74, 6) is 0.184. The van der Waals surface area contributed by atoms with Gasteiger partial charge in [-0.25, -0.2) is 0 Å². The Hall–Kier alpha value is -1.90. The van der Waals surface area contributed by atoms with Crippen LogP contribution in [0.25, 0.3) is 0 Å². The van der Waals surface area contributed by atoms with Gasteiger partial charge in [-0.15, -0.1) is 21.5 Å². The van der Waals surface area contributed by atoms with Crippen LogP contribution in [0.3, 0.4) is 0 Å². The molecule has 1 amide bonds. The third-order valence-corrected chi connectivity index (χ3v) is 7.99. The highest BCUT2D eigenvalue weighted by Crippen LogP contribution is 2.39. The highest BCUT2D eigenvalue weighted by Gasteiger charge is 2.29. The summed E-state index contributed by atoms with van der Waals surface area (Å²) in [5.41, 5.74) is 1.02. The van der Waals surface area contributed by atoms with E-state index in [-0.39, 0.29) is 11.2 Å². The highest BCUT2D eigenvalue weighted by atomic mass is 32.2. The van der Waals surface area contributed by atoms with Gasteiger partial charge in [-0.1, -0.05) is 59.5 Å². The molecule has 3 aromatic rings. The Morgan fingerprint density at radius 3 is 2.69 bits per heavy atom. The van der Waals surface area contributed by atoms with Gasteiger partial charge in [-0.3, -0.25) is 4.79 Å². The summed E-state index contributed by atoms with van der Waals surface area (Å²) in [6, 6.07) is 14.2. The van der Waals surface area contributed by atoms with Crippen molar-refractivity contribution < 1.29 is 4.79 Å². The van der Waals surface area contributed by atoms with Crippen LogP contribution < -0.4 is 5.32 Å². The summed E-state index contributed by atoms with van der Waals surface area (Å²) >= 11 is 4.80. The van der Waals surface area contributed by atoms with Crippen LogP contribution in [0.5, 0.6) is 0 Å². The zero-order valence-corrected chi connectivity index (χ0v) is 18.6. The molecule has 152 valence electrons. The Kier molecular flexibility index (Phi) is 7.18. The Balaban J connectivity index is 1.42.